The summed E-state index contributed by atoms with van der Waals surface area (Å²) < 4.78 is 17.5. The zero-order chi connectivity index (χ0) is 26.6. The molecule has 1 unspecified atom stereocenters. The summed E-state index contributed by atoms with van der Waals surface area (Å²) in [6, 6.07) is 9.69. The molecule has 1 aromatic rings. The number of benzene rings is 1. The van der Waals surface area contributed by atoms with Gasteiger partial charge in [-0.1, -0.05) is 56.9 Å². The van der Waals surface area contributed by atoms with E-state index in [0.717, 1.165) is 36.2 Å². The van der Waals surface area contributed by atoms with Gasteiger partial charge in [0.1, 0.15) is 18.5 Å². The summed E-state index contributed by atoms with van der Waals surface area (Å²) in [7, 11) is -2.07. The maximum atomic E-state index is 12.5. The number of unbranched alkanes of at least 4 members (excludes halogenated alkanes) is 2. The standard InChI is InChI=1S/C30H42O5Si/c1-7-33-29(32)18-14-9-8-13-17-27-24(20-22-28(27)31)19-21-26(35-36(5,6)30(2,3)4)23-34-25-15-11-10-12-16-25/h10-12,14-16,18,26H,7-9,13,17,20,22-23H2,1-6H3. The topological polar surface area (TPSA) is 61.8 Å². The Hall–Kier alpha value is -2.62. The fourth-order valence-electron chi connectivity index (χ4n) is 3.56. The van der Waals surface area contributed by atoms with E-state index in [4.69, 9.17) is 13.9 Å². The van der Waals surface area contributed by atoms with Gasteiger partial charge >= 0.3 is 5.97 Å². The molecule has 196 valence electrons. The van der Waals surface area contributed by atoms with Crippen molar-refractivity contribution in [2.24, 2.45) is 0 Å². The molecule has 0 aromatic heterocycles. The highest BCUT2D eigenvalue weighted by molar-refractivity contribution is 6.74. The SMILES string of the molecule is CCOC(=O)C=CCCCCC1=C(C#CC(COc2ccccc2)O[Si](C)(C)C(C)(C)C)CCC1=O. The molecule has 1 aliphatic rings. The second-order valence-corrected chi connectivity index (χ2v) is 15.3. The van der Waals surface area contributed by atoms with E-state index in [-0.39, 0.29) is 22.9 Å². The lowest BCUT2D eigenvalue weighted by atomic mass is 10.0. The first kappa shape index (κ1) is 29.6. The van der Waals surface area contributed by atoms with Crippen LogP contribution in [0.25, 0.3) is 0 Å². The van der Waals surface area contributed by atoms with Crippen LogP contribution in [0.4, 0.5) is 0 Å². The number of esters is 1. The van der Waals surface area contributed by atoms with Gasteiger partial charge in [0.15, 0.2) is 14.1 Å². The van der Waals surface area contributed by atoms with Crippen LogP contribution in [0.1, 0.15) is 66.2 Å². The van der Waals surface area contributed by atoms with Crippen LogP contribution in [0.5, 0.6) is 5.75 Å². The van der Waals surface area contributed by atoms with Crippen LogP contribution in [0.3, 0.4) is 0 Å². The minimum Gasteiger partial charge on any atom is -0.490 e. The van der Waals surface area contributed by atoms with Crippen molar-refractivity contribution in [1.82, 2.24) is 0 Å². The highest BCUT2D eigenvalue weighted by atomic mass is 28.4. The predicted octanol–water partition coefficient (Wildman–Crippen LogP) is 6.80. The summed E-state index contributed by atoms with van der Waals surface area (Å²) in [5, 5.41) is 0.0507. The highest BCUT2D eigenvalue weighted by Gasteiger charge is 2.39. The van der Waals surface area contributed by atoms with E-state index in [9.17, 15) is 9.59 Å². The van der Waals surface area contributed by atoms with Gasteiger partial charge in [-0.3, -0.25) is 4.79 Å². The third kappa shape index (κ3) is 9.79. The maximum absolute atomic E-state index is 12.5. The fourth-order valence-corrected chi connectivity index (χ4v) is 4.76. The minimum absolute atomic E-state index is 0.0507. The Morgan fingerprint density at radius 3 is 2.53 bits per heavy atom. The van der Waals surface area contributed by atoms with Crippen LogP contribution < -0.4 is 4.74 Å². The summed E-state index contributed by atoms with van der Waals surface area (Å²) in [4.78, 5) is 23.9. The molecule has 0 saturated carbocycles. The Morgan fingerprint density at radius 2 is 1.86 bits per heavy atom. The van der Waals surface area contributed by atoms with Gasteiger partial charge in [0.05, 0.1) is 6.61 Å². The van der Waals surface area contributed by atoms with Gasteiger partial charge in [0.2, 0.25) is 0 Å². The Kier molecular flexibility index (Phi) is 11.7. The first-order chi connectivity index (χ1) is 17.0. The van der Waals surface area contributed by atoms with E-state index in [2.05, 4.69) is 45.7 Å². The summed E-state index contributed by atoms with van der Waals surface area (Å²) in [5.41, 5.74) is 1.79. The van der Waals surface area contributed by atoms with Gasteiger partial charge in [0, 0.05) is 23.6 Å². The van der Waals surface area contributed by atoms with E-state index >= 15 is 0 Å². The van der Waals surface area contributed by atoms with Crippen molar-refractivity contribution < 1.29 is 23.5 Å². The molecule has 0 fully saturated rings. The normalized spacial score (nSPS) is 15.1. The van der Waals surface area contributed by atoms with Crippen LogP contribution in [0, 0.1) is 11.8 Å². The van der Waals surface area contributed by atoms with Crippen molar-refractivity contribution in [3.63, 3.8) is 0 Å². The van der Waals surface area contributed by atoms with Gasteiger partial charge in [0.25, 0.3) is 0 Å². The second-order valence-electron chi connectivity index (χ2n) is 10.5. The van der Waals surface area contributed by atoms with Crippen molar-refractivity contribution >= 4 is 20.1 Å². The molecule has 0 N–H and O–H groups in total. The smallest absolute Gasteiger partial charge is 0.330 e. The number of hydrogen-bond acceptors (Lipinski definition) is 5. The summed E-state index contributed by atoms with van der Waals surface area (Å²) in [5.74, 6) is 7.29. The Balaban J connectivity index is 2.07. The number of rotatable bonds is 12. The Labute approximate surface area is 218 Å². The number of ether oxygens (including phenoxy) is 2. The highest BCUT2D eigenvalue weighted by Crippen LogP contribution is 2.37. The van der Waals surface area contributed by atoms with Crippen LogP contribution in [-0.2, 0) is 18.8 Å². The maximum Gasteiger partial charge on any atom is 0.330 e. The van der Waals surface area contributed by atoms with E-state index in [0.29, 0.717) is 32.5 Å². The molecule has 1 aliphatic carbocycles. The molecule has 0 heterocycles. The predicted molar refractivity (Wildman–Crippen MR) is 147 cm³/mol. The van der Waals surface area contributed by atoms with Crippen LogP contribution >= 0.6 is 0 Å². The number of hydrogen-bond donors (Lipinski definition) is 0. The zero-order valence-corrected chi connectivity index (χ0v) is 23.8. The lowest BCUT2D eigenvalue weighted by Gasteiger charge is -2.38. The third-order valence-corrected chi connectivity index (χ3v) is 11.1. The molecule has 0 amide bonds. The van der Waals surface area contributed by atoms with Gasteiger partial charge in [-0.25, -0.2) is 4.79 Å². The van der Waals surface area contributed by atoms with Crippen LogP contribution in [0.15, 0.2) is 53.6 Å². The van der Waals surface area contributed by atoms with Crippen molar-refractivity contribution in [2.45, 2.75) is 90.5 Å². The first-order valence-electron chi connectivity index (χ1n) is 13.0. The number of carbonyl (C=O) groups excluding carboxylic acids is 2. The number of carbonyl (C=O) groups is 2. The quantitative estimate of drug-likeness (QED) is 0.102. The molecule has 0 saturated heterocycles. The molecular formula is C30H42O5Si. The molecular weight excluding hydrogens is 468 g/mol. The van der Waals surface area contributed by atoms with Crippen molar-refractivity contribution in [3.8, 4) is 17.6 Å². The molecule has 0 bridgehead atoms. The van der Waals surface area contributed by atoms with Gasteiger partial charge in [-0.2, -0.15) is 0 Å². The van der Waals surface area contributed by atoms with Gasteiger partial charge in [-0.15, -0.1) is 0 Å². The lowest BCUT2D eigenvalue weighted by Crippen LogP contribution is -2.45. The van der Waals surface area contributed by atoms with Crippen molar-refractivity contribution in [3.05, 3.63) is 53.6 Å². The molecule has 0 radical (unpaired) electrons. The molecule has 0 spiro atoms. The Morgan fingerprint density at radius 1 is 1.14 bits per heavy atom. The first-order valence-corrected chi connectivity index (χ1v) is 15.9. The van der Waals surface area contributed by atoms with Crippen molar-refractivity contribution in [1.29, 1.82) is 0 Å². The molecule has 1 aromatic carbocycles. The van der Waals surface area contributed by atoms with Gasteiger partial charge in [-0.05, 0) is 69.3 Å². The molecule has 6 heteroatoms. The fraction of sp³-hybridized carbons (Fsp3) is 0.533. The molecule has 0 aliphatic heterocycles. The third-order valence-electron chi connectivity index (χ3n) is 6.66. The molecule has 1 atom stereocenters. The number of Topliss-reactive ketones (excluding diaryl/α,β-unsaturated/α-hetero) is 1. The number of ketones is 1. The monoisotopic (exact) mass is 510 g/mol. The zero-order valence-electron chi connectivity index (χ0n) is 22.8. The van der Waals surface area contributed by atoms with Crippen LogP contribution in [0.2, 0.25) is 18.1 Å². The summed E-state index contributed by atoms with van der Waals surface area (Å²) >= 11 is 0. The number of allylic oxidation sites excluding steroid dienone is 3. The Bertz CT molecular complexity index is 990. The largest absolute Gasteiger partial charge is 0.490 e. The van der Waals surface area contributed by atoms with Gasteiger partial charge < -0.3 is 13.9 Å². The van der Waals surface area contributed by atoms with E-state index in [1.54, 1.807) is 6.92 Å². The average molecular weight is 511 g/mol. The van der Waals surface area contributed by atoms with Crippen LogP contribution in [-0.4, -0.2) is 39.4 Å². The minimum atomic E-state index is -2.07. The summed E-state index contributed by atoms with van der Waals surface area (Å²) in [6.07, 6.45) is 7.41. The van der Waals surface area contributed by atoms with Crippen molar-refractivity contribution in [2.75, 3.05) is 13.2 Å². The van der Waals surface area contributed by atoms with E-state index in [1.165, 1.54) is 6.08 Å². The average Bonchev–Trinajstić information content (AvgIpc) is 3.17. The van der Waals surface area contributed by atoms with E-state index < -0.39 is 8.32 Å². The molecule has 36 heavy (non-hydrogen) atoms. The van der Waals surface area contributed by atoms with E-state index in [1.807, 2.05) is 36.4 Å². The second kappa shape index (κ2) is 14.2. The number of para-hydroxylation sites is 1. The lowest BCUT2D eigenvalue weighted by molar-refractivity contribution is -0.137. The molecule has 2 rings (SSSR count). The summed E-state index contributed by atoms with van der Waals surface area (Å²) in [6.45, 7) is 13.6. The molecule has 5 nitrogen and oxygen atoms in total.